The minimum Gasteiger partial charge on any atom is -0.550 e. The van der Waals surface area contributed by atoms with Gasteiger partial charge in [-0.25, -0.2) is 0 Å². The minimum atomic E-state index is -1.01. The van der Waals surface area contributed by atoms with Crippen molar-refractivity contribution in [1.82, 2.24) is 0 Å². The summed E-state index contributed by atoms with van der Waals surface area (Å²) in [6.07, 6.45) is 0. The fourth-order valence-electron chi connectivity index (χ4n) is 0. The third-order valence-corrected chi connectivity index (χ3v) is 1.22. The molecule has 4 nitrogen and oxygen atoms in total. The molecular weight excluding hydrogens is 230 g/mol. The predicted octanol–water partition coefficient (Wildman–Crippen LogP) is -6.43. The van der Waals surface area contributed by atoms with Crippen LogP contribution in [-0.4, -0.2) is 11.9 Å². The van der Waals surface area contributed by atoms with Crippen LogP contribution >= 0.6 is 0 Å². The summed E-state index contributed by atoms with van der Waals surface area (Å²) in [5.74, 6) is -2.01. The molecule has 84 valence electrons. The normalized spacial score (nSPS) is 9.88. The van der Waals surface area contributed by atoms with E-state index in [4.69, 9.17) is 0 Å². The Balaban J connectivity index is -0.0000000800. The maximum absolute atomic E-state index is 9.91. The Hall–Kier alpha value is 0.940. The van der Waals surface area contributed by atoms with Gasteiger partial charge < -0.3 is 19.8 Å². The van der Waals surface area contributed by atoms with Gasteiger partial charge in [0.25, 0.3) is 0 Å². The summed E-state index contributed by atoms with van der Waals surface area (Å²) < 4.78 is 0. The number of hydrogen-bond donors (Lipinski definition) is 0. The van der Waals surface area contributed by atoms with Gasteiger partial charge in [-0.15, -0.1) is 0 Å². The van der Waals surface area contributed by atoms with Crippen LogP contribution in [-0.2, 0) is 9.59 Å². The molecule has 0 spiro atoms. The molecule has 0 amide bonds. The molecule has 0 unspecified atom stereocenters. The Morgan fingerprint density at radius 2 is 0.750 bits per heavy atom. The molecule has 0 heterocycles. The van der Waals surface area contributed by atoms with Crippen molar-refractivity contribution in [1.29, 1.82) is 0 Å². The van der Waals surface area contributed by atoms with Crippen molar-refractivity contribution in [3.05, 3.63) is 0 Å². The molecule has 16 heavy (non-hydrogen) atoms. The van der Waals surface area contributed by atoms with Gasteiger partial charge in [0.05, 0.1) is 0 Å². The van der Waals surface area contributed by atoms with E-state index < -0.39 is 22.8 Å². The van der Waals surface area contributed by atoms with Crippen molar-refractivity contribution in [3.8, 4) is 0 Å². The summed E-state index contributed by atoms with van der Waals surface area (Å²) in [4.78, 5) is 19.8. The first-order valence-electron chi connectivity index (χ1n) is 4.32. The molecule has 0 aliphatic heterocycles. The van der Waals surface area contributed by atoms with Gasteiger partial charge in [-0.05, 0) is 0 Å². The van der Waals surface area contributed by atoms with Crippen molar-refractivity contribution in [2.45, 2.75) is 41.5 Å². The van der Waals surface area contributed by atoms with E-state index in [0.29, 0.717) is 0 Å². The number of hydrogen-bond acceptors (Lipinski definition) is 4. The van der Waals surface area contributed by atoms with Gasteiger partial charge >= 0.3 is 59.1 Å². The van der Waals surface area contributed by atoms with Crippen LogP contribution in [0.3, 0.4) is 0 Å². The van der Waals surface area contributed by atoms with E-state index in [1.165, 1.54) is 0 Å². The van der Waals surface area contributed by atoms with Crippen molar-refractivity contribution in [2.75, 3.05) is 0 Å². The van der Waals surface area contributed by atoms with Crippen LogP contribution in [0.1, 0.15) is 41.5 Å². The van der Waals surface area contributed by atoms with Gasteiger partial charge in [0.2, 0.25) is 0 Å². The van der Waals surface area contributed by atoms with Crippen molar-refractivity contribution in [2.24, 2.45) is 10.8 Å². The molecule has 0 bridgehead atoms. The molecule has 0 fully saturated rings. The van der Waals surface area contributed by atoms with Crippen LogP contribution in [0.4, 0.5) is 0 Å². The molecule has 0 aromatic carbocycles. The molecule has 0 radical (unpaired) electrons. The summed E-state index contributed by atoms with van der Waals surface area (Å²) in [7, 11) is 0. The van der Waals surface area contributed by atoms with Gasteiger partial charge in [0, 0.05) is 22.8 Å². The van der Waals surface area contributed by atoms with Gasteiger partial charge in [0.1, 0.15) is 0 Å². The Bertz CT molecular complexity index is 190. The molecular formula is C10H18Na2O4. The second-order valence-corrected chi connectivity index (χ2v) is 5.07. The molecule has 0 aromatic rings. The van der Waals surface area contributed by atoms with Gasteiger partial charge in [-0.2, -0.15) is 0 Å². The smallest absolute Gasteiger partial charge is 0.550 e. The number of aliphatic carboxylic acids is 2. The maximum atomic E-state index is 9.91. The number of carboxylic acids is 2. The zero-order chi connectivity index (χ0) is 12.2. The van der Waals surface area contributed by atoms with E-state index in [1.54, 1.807) is 41.5 Å². The summed E-state index contributed by atoms with van der Waals surface area (Å²) in [5, 5.41) is 19.8. The molecule has 0 N–H and O–H groups in total. The van der Waals surface area contributed by atoms with E-state index in [0.717, 1.165) is 0 Å². The Labute approximate surface area is 142 Å². The largest absolute Gasteiger partial charge is 1.00 e. The maximum Gasteiger partial charge on any atom is 1.00 e. The quantitative estimate of drug-likeness (QED) is 0.399. The van der Waals surface area contributed by atoms with Crippen LogP contribution in [0.5, 0.6) is 0 Å². The fraction of sp³-hybridized carbons (Fsp3) is 0.800. The summed E-state index contributed by atoms with van der Waals surface area (Å²) in [6, 6.07) is 0. The average molecular weight is 248 g/mol. The van der Waals surface area contributed by atoms with Crippen molar-refractivity contribution in [3.63, 3.8) is 0 Å². The zero-order valence-electron chi connectivity index (χ0n) is 11.6. The standard InChI is InChI=1S/2C5H10O2.2Na/c2*1-5(2,3)4(6)7;;/h2*1-3H3,(H,6,7);;/q;;2*+1/p-2. The second kappa shape index (κ2) is 9.92. The number of carbonyl (C=O) groups excluding carboxylic acids is 2. The Morgan fingerprint density at radius 3 is 0.750 bits per heavy atom. The second-order valence-electron chi connectivity index (χ2n) is 5.07. The first-order chi connectivity index (χ1) is 5.89. The van der Waals surface area contributed by atoms with Crippen LogP contribution in [0.2, 0.25) is 0 Å². The zero-order valence-corrected chi connectivity index (χ0v) is 15.6. The number of carbonyl (C=O) groups is 2. The van der Waals surface area contributed by atoms with Crippen LogP contribution in [0.25, 0.3) is 0 Å². The molecule has 0 saturated carbocycles. The predicted molar refractivity (Wildman–Crippen MR) is 48.9 cm³/mol. The number of rotatable bonds is 0. The third kappa shape index (κ3) is 17.3. The minimum absolute atomic E-state index is 0. The van der Waals surface area contributed by atoms with Crippen LogP contribution in [0, 0.1) is 10.8 Å². The number of carboxylic acid groups (broad SMARTS) is 2. The van der Waals surface area contributed by atoms with Crippen molar-refractivity contribution >= 4 is 11.9 Å². The van der Waals surface area contributed by atoms with E-state index in [-0.39, 0.29) is 59.1 Å². The molecule has 0 atom stereocenters. The van der Waals surface area contributed by atoms with Crippen molar-refractivity contribution < 1.29 is 78.9 Å². The monoisotopic (exact) mass is 248 g/mol. The molecule has 0 saturated heterocycles. The molecule has 0 rings (SSSR count). The van der Waals surface area contributed by atoms with E-state index in [2.05, 4.69) is 0 Å². The van der Waals surface area contributed by atoms with Gasteiger partial charge in [0.15, 0.2) is 0 Å². The topological polar surface area (TPSA) is 80.3 Å². The van der Waals surface area contributed by atoms with E-state index in [9.17, 15) is 19.8 Å². The SMILES string of the molecule is CC(C)(C)C(=O)[O-].CC(C)(C)C(=O)[O-].[Na+].[Na+]. The van der Waals surface area contributed by atoms with Gasteiger partial charge in [-0.1, -0.05) is 41.5 Å². The van der Waals surface area contributed by atoms with Crippen LogP contribution in [0.15, 0.2) is 0 Å². The average Bonchev–Trinajstić information content (AvgIpc) is 1.83. The third-order valence-electron chi connectivity index (χ3n) is 1.22. The van der Waals surface area contributed by atoms with E-state index >= 15 is 0 Å². The first kappa shape index (κ1) is 25.7. The summed E-state index contributed by atoms with van der Waals surface area (Å²) in [6.45, 7) is 9.60. The molecule has 0 aliphatic carbocycles. The van der Waals surface area contributed by atoms with Gasteiger partial charge in [-0.3, -0.25) is 0 Å². The Kier molecular flexibility index (Phi) is 15.9. The van der Waals surface area contributed by atoms with Crippen LogP contribution < -0.4 is 69.3 Å². The summed E-state index contributed by atoms with van der Waals surface area (Å²) >= 11 is 0. The Morgan fingerprint density at radius 1 is 0.688 bits per heavy atom. The summed E-state index contributed by atoms with van der Waals surface area (Å²) in [5.41, 5.74) is -1.39. The fourth-order valence-corrected chi connectivity index (χ4v) is 0. The molecule has 6 heteroatoms. The molecule has 0 aromatic heterocycles. The molecule has 0 aliphatic rings. The first-order valence-corrected chi connectivity index (χ1v) is 4.32. The van der Waals surface area contributed by atoms with E-state index in [1.807, 2.05) is 0 Å².